The zero-order chi connectivity index (χ0) is 12.5. The molecule has 0 aliphatic carbocycles. The van der Waals surface area contributed by atoms with Crippen molar-refractivity contribution in [1.29, 1.82) is 0 Å². The predicted molar refractivity (Wildman–Crippen MR) is 76.3 cm³/mol. The van der Waals surface area contributed by atoms with E-state index in [4.69, 9.17) is 4.74 Å². The third-order valence-corrected chi connectivity index (χ3v) is 5.52. The van der Waals surface area contributed by atoms with Crippen LogP contribution >= 0.6 is 0 Å². The Labute approximate surface area is 110 Å². The van der Waals surface area contributed by atoms with Crippen molar-refractivity contribution in [2.45, 2.75) is 23.6 Å². The summed E-state index contributed by atoms with van der Waals surface area (Å²) in [7, 11) is -0.00319. The van der Waals surface area contributed by atoms with E-state index in [9.17, 15) is 0 Å². The van der Waals surface area contributed by atoms with Gasteiger partial charge in [0.2, 0.25) is 9.79 Å². The van der Waals surface area contributed by atoms with Gasteiger partial charge in [-0.1, -0.05) is 24.3 Å². The predicted octanol–water partition coefficient (Wildman–Crippen LogP) is 4.75. The molecule has 0 fully saturated rings. The molecule has 18 heavy (non-hydrogen) atoms. The minimum absolute atomic E-state index is 0.00319. The molecule has 3 rings (SSSR count). The number of ether oxygens (including phenoxy) is 1. The fraction of sp³-hybridized carbons (Fsp3) is 0.125. The van der Waals surface area contributed by atoms with E-state index < -0.39 is 0 Å². The minimum Gasteiger partial charge on any atom is -0.447 e. The topological polar surface area (TPSA) is 9.23 Å². The number of hydrogen-bond acceptors (Lipinski definition) is 1. The summed E-state index contributed by atoms with van der Waals surface area (Å²) in [6.07, 6.45) is 2.20. The Kier molecular flexibility index (Phi) is 2.88. The maximum Gasteiger partial charge on any atom is 0.208 e. The first kappa shape index (κ1) is 11.4. The van der Waals surface area contributed by atoms with Crippen LogP contribution in [-0.4, -0.2) is 0 Å². The Bertz CT molecular complexity index is 570. The molecule has 0 amide bonds. The maximum absolute atomic E-state index is 5.98. The van der Waals surface area contributed by atoms with Crippen molar-refractivity contribution in [3.8, 4) is 11.5 Å². The number of hydrogen-bond donors (Lipinski definition) is 0. The zero-order valence-corrected chi connectivity index (χ0v) is 11.3. The number of allylic oxidation sites excluding steroid dienone is 2. The van der Waals surface area contributed by atoms with E-state index in [0.29, 0.717) is 0 Å². The van der Waals surface area contributed by atoms with Gasteiger partial charge in [-0.25, -0.2) is 0 Å². The van der Waals surface area contributed by atoms with Crippen LogP contribution in [0.3, 0.4) is 0 Å². The van der Waals surface area contributed by atoms with E-state index in [2.05, 4.69) is 44.2 Å². The highest BCUT2D eigenvalue weighted by molar-refractivity contribution is 8.00. The Morgan fingerprint density at radius 2 is 1.44 bits per heavy atom. The molecule has 2 heteroatoms. The van der Waals surface area contributed by atoms with Crippen molar-refractivity contribution < 1.29 is 4.74 Å². The highest BCUT2D eigenvalue weighted by Gasteiger charge is 2.38. The largest absolute Gasteiger partial charge is 0.447 e. The lowest BCUT2D eigenvalue weighted by Gasteiger charge is -2.19. The molecular formula is C16H15OS+. The smallest absolute Gasteiger partial charge is 0.208 e. The number of benzene rings is 2. The van der Waals surface area contributed by atoms with E-state index >= 15 is 0 Å². The van der Waals surface area contributed by atoms with Crippen LogP contribution in [0.5, 0.6) is 11.5 Å². The monoisotopic (exact) mass is 255 g/mol. The second-order valence-corrected chi connectivity index (χ2v) is 6.34. The van der Waals surface area contributed by atoms with Crippen molar-refractivity contribution in [1.82, 2.24) is 0 Å². The van der Waals surface area contributed by atoms with Crippen LogP contribution in [0.25, 0.3) is 0 Å². The molecule has 0 unspecified atom stereocenters. The molecule has 1 heterocycles. The van der Waals surface area contributed by atoms with Gasteiger partial charge < -0.3 is 4.74 Å². The third kappa shape index (κ3) is 1.73. The van der Waals surface area contributed by atoms with Crippen LogP contribution in [0, 0.1) is 0 Å². The van der Waals surface area contributed by atoms with Crippen molar-refractivity contribution in [2.24, 2.45) is 0 Å². The van der Waals surface area contributed by atoms with Gasteiger partial charge in [0.1, 0.15) is 15.8 Å². The summed E-state index contributed by atoms with van der Waals surface area (Å²) in [5.41, 5.74) is 0. The maximum atomic E-state index is 5.98. The molecule has 0 aromatic heterocycles. The fourth-order valence-corrected chi connectivity index (χ4v) is 4.33. The van der Waals surface area contributed by atoms with Gasteiger partial charge in [-0.2, -0.15) is 0 Å². The van der Waals surface area contributed by atoms with Gasteiger partial charge >= 0.3 is 0 Å². The molecule has 2 aromatic carbocycles. The normalized spacial score (nSPS) is 14.7. The lowest BCUT2D eigenvalue weighted by molar-refractivity contribution is 0.453. The van der Waals surface area contributed by atoms with E-state index in [1.54, 1.807) is 0 Å². The zero-order valence-electron chi connectivity index (χ0n) is 10.5. The summed E-state index contributed by atoms with van der Waals surface area (Å²) in [6, 6.07) is 16.7. The molecule has 2 aromatic rings. The summed E-state index contributed by atoms with van der Waals surface area (Å²) in [4.78, 5) is 3.96. The summed E-state index contributed by atoms with van der Waals surface area (Å²) >= 11 is 0. The molecule has 0 atom stereocenters. The Balaban J connectivity index is 2.24. The highest BCUT2D eigenvalue weighted by Crippen LogP contribution is 2.46. The van der Waals surface area contributed by atoms with Gasteiger partial charge in [0.25, 0.3) is 0 Å². The standard InChI is InChI=1S/C16H15OS/c1-3-12(2)18-15-10-6-4-8-13(15)17-14-9-5-7-11-16(14)18/h3-11H,1-2H3/q+1/b12-3-. The van der Waals surface area contributed by atoms with Crippen LogP contribution in [-0.2, 0) is 10.9 Å². The van der Waals surface area contributed by atoms with E-state index in [0.717, 1.165) is 11.5 Å². The Morgan fingerprint density at radius 1 is 0.944 bits per heavy atom. The van der Waals surface area contributed by atoms with E-state index in [-0.39, 0.29) is 10.9 Å². The molecule has 1 aliphatic rings. The van der Waals surface area contributed by atoms with Gasteiger partial charge in [-0.15, -0.1) is 0 Å². The van der Waals surface area contributed by atoms with Crippen molar-refractivity contribution in [3.63, 3.8) is 0 Å². The van der Waals surface area contributed by atoms with Crippen LogP contribution in [0.2, 0.25) is 0 Å². The van der Waals surface area contributed by atoms with Gasteiger partial charge in [0.05, 0.1) is 0 Å². The second kappa shape index (κ2) is 4.54. The highest BCUT2D eigenvalue weighted by atomic mass is 32.2. The molecule has 0 N–H and O–H groups in total. The second-order valence-electron chi connectivity index (χ2n) is 4.20. The quantitative estimate of drug-likeness (QED) is 0.668. The average molecular weight is 255 g/mol. The molecule has 1 aliphatic heterocycles. The lowest BCUT2D eigenvalue weighted by atomic mass is 10.3. The van der Waals surface area contributed by atoms with E-state index in [1.807, 2.05) is 24.3 Å². The summed E-state index contributed by atoms with van der Waals surface area (Å²) < 4.78 is 5.98. The molecule has 0 spiro atoms. The number of fused-ring (bicyclic) bond motifs is 2. The fourth-order valence-electron chi connectivity index (χ4n) is 2.11. The Hall–Kier alpha value is -1.67. The molecule has 90 valence electrons. The van der Waals surface area contributed by atoms with Crippen molar-refractivity contribution in [3.05, 3.63) is 59.5 Å². The van der Waals surface area contributed by atoms with E-state index in [1.165, 1.54) is 14.7 Å². The summed E-state index contributed by atoms with van der Waals surface area (Å²) in [5, 5.41) is 0. The van der Waals surface area contributed by atoms with Crippen LogP contribution in [0.15, 0.2) is 69.3 Å². The third-order valence-electron chi connectivity index (χ3n) is 3.09. The first-order valence-corrected chi connectivity index (χ1v) is 7.27. The van der Waals surface area contributed by atoms with Crippen molar-refractivity contribution >= 4 is 10.9 Å². The molecule has 0 radical (unpaired) electrons. The number of para-hydroxylation sites is 2. The number of rotatable bonds is 1. The van der Waals surface area contributed by atoms with Crippen LogP contribution < -0.4 is 4.74 Å². The minimum atomic E-state index is -0.00319. The first-order valence-electron chi connectivity index (χ1n) is 6.04. The SMILES string of the molecule is C/C=C(/C)[S+]1c2ccccc2Oc2ccccc21. The summed E-state index contributed by atoms with van der Waals surface area (Å²) in [5.74, 6) is 1.97. The van der Waals surface area contributed by atoms with Gasteiger partial charge in [-0.3, -0.25) is 0 Å². The molecular weight excluding hydrogens is 240 g/mol. The van der Waals surface area contributed by atoms with Gasteiger partial charge in [0, 0.05) is 6.92 Å². The molecule has 0 bridgehead atoms. The van der Waals surface area contributed by atoms with Crippen molar-refractivity contribution in [2.75, 3.05) is 0 Å². The average Bonchev–Trinajstić information content (AvgIpc) is 2.44. The first-order chi connectivity index (χ1) is 8.81. The van der Waals surface area contributed by atoms with Gasteiger partial charge in [0.15, 0.2) is 11.5 Å². The molecule has 0 saturated carbocycles. The molecule has 1 nitrogen and oxygen atoms in total. The van der Waals surface area contributed by atoms with Gasteiger partial charge in [-0.05, 0) is 37.3 Å². The van der Waals surface area contributed by atoms with Crippen LogP contribution in [0.4, 0.5) is 0 Å². The Morgan fingerprint density at radius 3 is 1.94 bits per heavy atom. The molecule has 0 saturated heterocycles. The van der Waals surface area contributed by atoms with Crippen LogP contribution in [0.1, 0.15) is 13.8 Å². The lowest BCUT2D eigenvalue weighted by Crippen LogP contribution is -2.12. The summed E-state index contributed by atoms with van der Waals surface area (Å²) in [6.45, 7) is 4.30.